The Hall–Kier alpha value is -2.20. The van der Waals surface area contributed by atoms with E-state index in [1.54, 1.807) is 25.4 Å². The molecule has 0 saturated heterocycles. The van der Waals surface area contributed by atoms with Crippen molar-refractivity contribution in [3.63, 3.8) is 0 Å². The minimum Gasteiger partial charge on any atom is -0.463 e. The number of amides is 1. The zero-order valence-corrected chi connectivity index (χ0v) is 11.9. The first-order valence-corrected chi connectivity index (χ1v) is 6.53. The molecule has 3 aromatic rings. The number of aromatic nitrogens is 1. The van der Waals surface area contributed by atoms with Crippen molar-refractivity contribution in [1.82, 2.24) is 4.57 Å². The van der Waals surface area contributed by atoms with E-state index in [4.69, 9.17) is 16.0 Å². The third-order valence-electron chi connectivity index (χ3n) is 3.40. The molecule has 0 aliphatic heterocycles. The maximum absolute atomic E-state index is 12.6. The Kier molecular flexibility index (Phi) is 3.03. The van der Waals surface area contributed by atoms with E-state index in [0.717, 1.165) is 5.52 Å². The Morgan fingerprint density at radius 1 is 1.30 bits per heavy atom. The molecule has 0 atom stereocenters. The highest BCUT2D eigenvalue weighted by Gasteiger charge is 2.20. The summed E-state index contributed by atoms with van der Waals surface area (Å²) in [6, 6.07) is 10.8. The predicted molar refractivity (Wildman–Crippen MR) is 79.4 cm³/mol. The van der Waals surface area contributed by atoms with Gasteiger partial charge in [0.1, 0.15) is 5.69 Å². The van der Waals surface area contributed by atoms with Gasteiger partial charge in [0.25, 0.3) is 5.91 Å². The lowest BCUT2D eigenvalue weighted by Crippen LogP contribution is -2.28. The topological polar surface area (TPSA) is 38.4 Å². The molecule has 0 fully saturated rings. The number of para-hydroxylation sites is 1. The molecule has 0 bridgehead atoms. The molecule has 5 heteroatoms. The van der Waals surface area contributed by atoms with Gasteiger partial charge in [-0.15, -0.1) is 0 Å². The van der Waals surface area contributed by atoms with Crippen molar-refractivity contribution in [2.24, 2.45) is 7.05 Å². The molecule has 1 aromatic carbocycles. The lowest BCUT2D eigenvalue weighted by atomic mass is 10.2. The van der Waals surface area contributed by atoms with E-state index in [2.05, 4.69) is 0 Å². The molecule has 0 unspecified atom stereocenters. The van der Waals surface area contributed by atoms with Gasteiger partial charge in [0.05, 0.1) is 22.5 Å². The van der Waals surface area contributed by atoms with Gasteiger partial charge in [0.15, 0.2) is 5.58 Å². The molecule has 102 valence electrons. The third-order valence-corrected chi connectivity index (χ3v) is 3.72. The van der Waals surface area contributed by atoms with E-state index in [1.807, 2.05) is 35.9 Å². The van der Waals surface area contributed by atoms with Gasteiger partial charge in [-0.2, -0.15) is 0 Å². The molecular formula is C15H13ClN2O2. The van der Waals surface area contributed by atoms with Gasteiger partial charge < -0.3 is 13.9 Å². The lowest BCUT2D eigenvalue weighted by molar-refractivity contribution is 0.0985. The van der Waals surface area contributed by atoms with Crippen LogP contribution in [0.2, 0.25) is 5.02 Å². The number of carbonyl (C=O) groups is 1. The van der Waals surface area contributed by atoms with E-state index in [0.29, 0.717) is 22.0 Å². The van der Waals surface area contributed by atoms with Crippen LogP contribution in [0, 0.1) is 0 Å². The van der Waals surface area contributed by atoms with Crippen molar-refractivity contribution in [1.29, 1.82) is 0 Å². The molecule has 0 N–H and O–H groups in total. The van der Waals surface area contributed by atoms with Crippen LogP contribution in [-0.2, 0) is 7.05 Å². The Morgan fingerprint density at radius 3 is 2.75 bits per heavy atom. The molecule has 0 aliphatic carbocycles. The number of halogens is 1. The molecule has 3 rings (SSSR count). The molecule has 0 saturated carbocycles. The van der Waals surface area contributed by atoms with Crippen molar-refractivity contribution in [2.45, 2.75) is 0 Å². The Balaban J connectivity index is 2.02. The zero-order valence-electron chi connectivity index (χ0n) is 11.1. The fourth-order valence-corrected chi connectivity index (χ4v) is 2.52. The standard InChI is InChI=1S/C15H13ClN2O2/c1-17-12-7-8-20-14(12)9-13(17)15(19)18(2)11-6-4-3-5-10(11)16/h3-9H,1-2H3. The van der Waals surface area contributed by atoms with Gasteiger partial charge in [-0.05, 0) is 12.1 Å². The quantitative estimate of drug-likeness (QED) is 0.721. The van der Waals surface area contributed by atoms with Gasteiger partial charge in [-0.3, -0.25) is 4.79 Å². The number of anilines is 1. The summed E-state index contributed by atoms with van der Waals surface area (Å²) in [4.78, 5) is 14.1. The largest absolute Gasteiger partial charge is 0.463 e. The molecule has 4 nitrogen and oxygen atoms in total. The number of rotatable bonds is 2. The van der Waals surface area contributed by atoms with Crippen LogP contribution in [0.1, 0.15) is 10.5 Å². The number of fused-ring (bicyclic) bond motifs is 1. The molecule has 0 aliphatic rings. The lowest BCUT2D eigenvalue weighted by Gasteiger charge is -2.18. The number of furan rings is 1. The van der Waals surface area contributed by atoms with Gasteiger partial charge >= 0.3 is 0 Å². The monoisotopic (exact) mass is 288 g/mol. The molecule has 1 amide bonds. The second-order valence-corrected chi connectivity index (χ2v) is 4.98. The molecule has 0 radical (unpaired) electrons. The first-order valence-electron chi connectivity index (χ1n) is 6.15. The SMILES string of the molecule is CN(C(=O)c1cc2occc2n1C)c1ccccc1Cl. The highest BCUT2D eigenvalue weighted by molar-refractivity contribution is 6.34. The second-order valence-electron chi connectivity index (χ2n) is 4.57. The summed E-state index contributed by atoms with van der Waals surface area (Å²) in [6.07, 6.45) is 1.61. The minimum absolute atomic E-state index is 0.132. The zero-order chi connectivity index (χ0) is 14.3. The van der Waals surface area contributed by atoms with Gasteiger partial charge in [-0.1, -0.05) is 23.7 Å². The van der Waals surface area contributed by atoms with Gasteiger partial charge in [0, 0.05) is 26.2 Å². The molecule has 2 heterocycles. The van der Waals surface area contributed by atoms with Gasteiger partial charge in [-0.25, -0.2) is 0 Å². The van der Waals surface area contributed by atoms with Gasteiger partial charge in [0.2, 0.25) is 0 Å². The summed E-state index contributed by atoms with van der Waals surface area (Å²) in [5, 5.41) is 0.543. The van der Waals surface area contributed by atoms with E-state index in [-0.39, 0.29) is 5.91 Å². The summed E-state index contributed by atoms with van der Waals surface area (Å²) >= 11 is 6.13. The fraction of sp³-hybridized carbons (Fsp3) is 0.133. The van der Waals surface area contributed by atoms with E-state index in [9.17, 15) is 4.79 Å². The second kappa shape index (κ2) is 4.72. The number of nitrogens with zero attached hydrogens (tertiary/aromatic N) is 2. The van der Waals surface area contributed by atoms with Crippen LogP contribution in [-0.4, -0.2) is 17.5 Å². The molecule has 0 spiro atoms. The van der Waals surface area contributed by atoms with Crippen LogP contribution < -0.4 is 4.90 Å². The van der Waals surface area contributed by atoms with Crippen LogP contribution in [0.3, 0.4) is 0 Å². The van der Waals surface area contributed by atoms with E-state index < -0.39 is 0 Å². The van der Waals surface area contributed by atoms with Crippen LogP contribution in [0.15, 0.2) is 47.1 Å². The Bertz CT molecular complexity index is 788. The van der Waals surface area contributed by atoms with Crippen LogP contribution >= 0.6 is 11.6 Å². The minimum atomic E-state index is -0.132. The van der Waals surface area contributed by atoms with Crippen LogP contribution in [0.4, 0.5) is 5.69 Å². The first-order chi connectivity index (χ1) is 9.59. The summed E-state index contributed by atoms with van der Waals surface area (Å²) in [5.74, 6) is -0.132. The average Bonchev–Trinajstić information content (AvgIpc) is 3.01. The average molecular weight is 289 g/mol. The summed E-state index contributed by atoms with van der Waals surface area (Å²) in [6.45, 7) is 0. The maximum atomic E-state index is 12.6. The van der Waals surface area contributed by atoms with Crippen molar-refractivity contribution < 1.29 is 9.21 Å². The Morgan fingerprint density at radius 2 is 2.05 bits per heavy atom. The highest BCUT2D eigenvalue weighted by atomic mass is 35.5. The van der Waals surface area contributed by atoms with Crippen LogP contribution in [0.25, 0.3) is 11.1 Å². The Labute approximate surface area is 121 Å². The normalized spacial score (nSPS) is 10.9. The number of benzene rings is 1. The summed E-state index contributed by atoms with van der Waals surface area (Å²) in [7, 11) is 3.55. The fourth-order valence-electron chi connectivity index (χ4n) is 2.26. The number of aryl methyl sites for hydroxylation is 1. The van der Waals surface area contributed by atoms with Crippen molar-refractivity contribution in [2.75, 3.05) is 11.9 Å². The van der Waals surface area contributed by atoms with E-state index >= 15 is 0 Å². The number of hydrogen-bond donors (Lipinski definition) is 0. The van der Waals surface area contributed by atoms with Crippen LogP contribution in [0.5, 0.6) is 0 Å². The van der Waals surface area contributed by atoms with Crippen molar-refractivity contribution >= 4 is 34.3 Å². The summed E-state index contributed by atoms with van der Waals surface area (Å²) in [5.41, 5.74) is 2.82. The van der Waals surface area contributed by atoms with Crippen molar-refractivity contribution in [3.05, 3.63) is 53.4 Å². The maximum Gasteiger partial charge on any atom is 0.274 e. The van der Waals surface area contributed by atoms with Crippen molar-refractivity contribution in [3.8, 4) is 0 Å². The highest BCUT2D eigenvalue weighted by Crippen LogP contribution is 2.27. The molecule has 2 aromatic heterocycles. The number of hydrogen-bond acceptors (Lipinski definition) is 2. The van der Waals surface area contributed by atoms with E-state index in [1.165, 1.54) is 4.90 Å². The molecule has 20 heavy (non-hydrogen) atoms. The predicted octanol–water partition coefficient (Wildman–Crippen LogP) is 3.70. The summed E-state index contributed by atoms with van der Waals surface area (Å²) < 4.78 is 7.14. The first kappa shape index (κ1) is 12.8. The smallest absolute Gasteiger partial charge is 0.274 e. The molecular weight excluding hydrogens is 276 g/mol. The number of carbonyl (C=O) groups excluding carboxylic acids is 1. The third kappa shape index (κ3) is 1.89.